The van der Waals surface area contributed by atoms with E-state index >= 15 is 0 Å². The predicted octanol–water partition coefficient (Wildman–Crippen LogP) is 6.59. The van der Waals surface area contributed by atoms with Gasteiger partial charge >= 0.3 is 0 Å². The van der Waals surface area contributed by atoms with E-state index in [4.69, 9.17) is 27.6 Å². The largest absolute Gasteiger partial charge is 0.413 e. The van der Waals surface area contributed by atoms with E-state index in [9.17, 15) is 8.42 Å². The van der Waals surface area contributed by atoms with Gasteiger partial charge in [0, 0.05) is 36.7 Å². The maximum Gasteiger partial charge on any atom is 0.218 e. The fraction of sp³-hybridized carbons (Fsp3) is 0.538. The highest BCUT2D eigenvalue weighted by Crippen LogP contribution is 2.38. The summed E-state index contributed by atoms with van der Waals surface area (Å²) >= 11 is 12.4. The second kappa shape index (κ2) is 11.2. The minimum atomic E-state index is -3.66. The lowest BCUT2D eigenvalue weighted by molar-refractivity contribution is 0.171. The molecule has 35 heavy (non-hydrogen) atoms. The molecule has 1 aliphatic heterocycles. The van der Waals surface area contributed by atoms with Crippen LogP contribution < -0.4 is 0 Å². The van der Waals surface area contributed by atoms with Gasteiger partial charge in [-0.15, -0.1) is 0 Å². The molecule has 0 aromatic heterocycles. The molecule has 2 atom stereocenters. The Morgan fingerprint density at radius 1 is 1.14 bits per heavy atom. The summed E-state index contributed by atoms with van der Waals surface area (Å²) in [6, 6.07) is 14.4. The fourth-order valence-corrected chi connectivity index (χ4v) is 7.40. The molecule has 0 amide bonds. The first-order valence-electron chi connectivity index (χ1n) is 12.0. The summed E-state index contributed by atoms with van der Waals surface area (Å²) in [5.74, 6) is -0.205. The number of rotatable bonds is 9. The molecule has 9 heteroatoms. The third kappa shape index (κ3) is 7.31. The van der Waals surface area contributed by atoms with Gasteiger partial charge in [-0.3, -0.25) is 4.90 Å². The van der Waals surface area contributed by atoms with E-state index in [0.29, 0.717) is 22.2 Å². The molecule has 0 spiro atoms. The van der Waals surface area contributed by atoms with Crippen molar-refractivity contribution in [3.05, 3.63) is 69.7 Å². The Morgan fingerprint density at radius 2 is 1.80 bits per heavy atom. The quantitative estimate of drug-likeness (QED) is 0.327. The lowest BCUT2D eigenvalue weighted by atomic mass is 10.1. The Labute approximate surface area is 222 Å². The SMILES string of the molecule is CN(C(CN1CCC(O[Si](C)(C)C(C)(C)C)C1)c1ccccc1)S(=O)(=O)Cc1cc(Cl)ccc1Cl. The van der Waals surface area contributed by atoms with Gasteiger partial charge in [0.2, 0.25) is 10.0 Å². The Kier molecular flexibility index (Phi) is 9.17. The summed E-state index contributed by atoms with van der Waals surface area (Å²) in [5, 5.41) is 1.02. The number of halogens is 2. The van der Waals surface area contributed by atoms with Crippen LogP contribution in [-0.2, 0) is 20.2 Å². The van der Waals surface area contributed by atoms with Gasteiger partial charge in [0.1, 0.15) is 0 Å². The molecule has 1 fully saturated rings. The van der Waals surface area contributed by atoms with Gasteiger partial charge in [-0.25, -0.2) is 8.42 Å². The van der Waals surface area contributed by atoms with Crippen LogP contribution in [0.2, 0.25) is 28.2 Å². The molecule has 2 aromatic rings. The van der Waals surface area contributed by atoms with Crippen LogP contribution in [0.15, 0.2) is 48.5 Å². The van der Waals surface area contributed by atoms with Crippen molar-refractivity contribution in [2.75, 3.05) is 26.7 Å². The van der Waals surface area contributed by atoms with Crippen molar-refractivity contribution in [2.45, 2.75) is 63.2 Å². The molecule has 3 rings (SSSR count). The normalized spacial score (nSPS) is 18.8. The predicted molar refractivity (Wildman–Crippen MR) is 149 cm³/mol. The van der Waals surface area contributed by atoms with E-state index in [-0.39, 0.29) is 22.9 Å². The summed E-state index contributed by atoms with van der Waals surface area (Å²) < 4.78 is 35.1. The second-order valence-corrected chi connectivity index (χ2v) is 18.6. The van der Waals surface area contributed by atoms with E-state index < -0.39 is 18.3 Å². The molecule has 0 radical (unpaired) electrons. The van der Waals surface area contributed by atoms with Crippen molar-refractivity contribution in [1.82, 2.24) is 9.21 Å². The Morgan fingerprint density at radius 3 is 2.43 bits per heavy atom. The van der Waals surface area contributed by atoms with Gasteiger partial charge in [-0.05, 0) is 53.9 Å². The first-order chi connectivity index (χ1) is 16.2. The Bertz CT molecular complexity index is 1110. The van der Waals surface area contributed by atoms with Crippen molar-refractivity contribution in [3.8, 4) is 0 Å². The number of sulfonamides is 1. The van der Waals surface area contributed by atoms with Gasteiger partial charge in [0.05, 0.1) is 17.9 Å². The van der Waals surface area contributed by atoms with Crippen LogP contribution >= 0.6 is 23.2 Å². The molecule has 2 unspecified atom stereocenters. The van der Waals surface area contributed by atoms with E-state index in [1.807, 2.05) is 30.3 Å². The van der Waals surface area contributed by atoms with Crippen LogP contribution in [0.5, 0.6) is 0 Å². The van der Waals surface area contributed by atoms with Crippen molar-refractivity contribution < 1.29 is 12.8 Å². The Balaban J connectivity index is 1.78. The Hall–Kier alpha value is -0.933. The molecular weight excluding hydrogens is 519 g/mol. The molecular formula is C26H38Cl2N2O3SSi. The number of hydrogen-bond acceptors (Lipinski definition) is 4. The first-order valence-corrected chi connectivity index (χ1v) is 17.3. The van der Waals surface area contributed by atoms with E-state index in [1.165, 1.54) is 4.31 Å². The number of likely N-dealkylation sites (tertiary alicyclic amines) is 1. The molecule has 0 N–H and O–H groups in total. The van der Waals surface area contributed by atoms with Crippen molar-refractivity contribution in [2.24, 2.45) is 0 Å². The first kappa shape index (κ1) is 28.6. The van der Waals surface area contributed by atoms with Crippen LogP contribution in [0.4, 0.5) is 0 Å². The van der Waals surface area contributed by atoms with Gasteiger partial charge < -0.3 is 4.43 Å². The number of likely N-dealkylation sites (N-methyl/N-ethyl adjacent to an activating group) is 1. The van der Waals surface area contributed by atoms with Crippen LogP contribution in [0.1, 0.15) is 44.4 Å². The average molecular weight is 558 g/mol. The highest BCUT2D eigenvalue weighted by molar-refractivity contribution is 7.88. The summed E-state index contributed by atoms with van der Waals surface area (Å²) in [6.45, 7) is 13.6. The maximum atomic E-state index is 13.5. The van der Waals surface area contributed by atoms with E-state index in [1.54, 1.807) is 25.2 Å². The summed E-state index contributed by atoms with van der Waals surface area (Å²) in [7, 11) is -3.87. The zero-order chi connectivity index (χ0) is 26.0. The van der Waals surface area contributed by atoms with Gasteiger partial charge in [-0.2, -0.15) is 4.31 Å². The molecule has 194 valence electrons. The third-order valence-corrected chi connectivity index (χ3v) is 14.3. The lowest BCUT2D eigenvalue weighted by Gasteiger charge is -2.38. The summed E-state index contributed by atoms with van der Waals surface area (Å²) in [4.78, 5) is 2.33. The molecule has 1 aliphatic rings. The molecule has 0 bridgehead atoms. The molecule has 2 aromatic carbocycles. The summed E-state index contributed by atoms with van der Waals surface area (Å²) in [6.07, 6.45) is 1.14. The zero-order valence-corrected chi connectivity index (χ0v) is 24.9. The molecule has 5 nitrogen and oxygen atoms in total. The minimum Gasteiger partial charge on any atom is -0.413 e. The smallest absolute Gasteiger partial charge is 0.218 e. The third-order valence-electron chi connectivity index (χ3n) is 7.34. The van der Waals surface area contributed by atoms with E-state index in [2.05, 4.69) is 38.8 Å². The number of hydrogen-bond donors (Lipinski definition) is 0. The average Bonchev–Trinajstić information content (AvgIpc) is 3.20. The lowest BCUT2D eigenvalue weighted by Crippen LogP contribution is -2.45. The van der Waals surface area contributed by atoms with Gasteiger partial charge in [0.15, 0.2) is 8.32 Å². The summed E-state index contributed by atoms with van der Waals surface area (Å²) in [5.41, 5.74) is 1.46. The zero-order valence-electron chi connectivity index (χ0n) is 21.6. The van der Waals surface area contributed by atoms with Crippen LogP contribution in [0.3, 0.4) is 0 Å². The highest BCUT2D eigenvalue weighted by atomic mass is 35.5. The van der Waals surface area contributed by atoms with Crippen molar-refractivity contribution >= 4 is 41.5 Å². The van der Waals surface area contributed by atoms with Crippen LogP contribution in [-0.4, -0.2) is 58.7 Å². The molecule has 0 aliphatic carbocycles. The fourth-order valence-electron chi connectivity index (χ4n) is 4.15. The standard InChI is InChI=1S/C26H38Cl2N2O3SSi/c1-26(2,3)35(5,6)33-23-14-15-30(17-23)18-25(20-10-8-7-9-11-20)29(4)34(31,32)19-21-16-22(27)12-13-24(21)28/h7-13,16,23,25H,14-15,17-19H2,1-6H3. The van der Waals surface area contributed by atoms with Crippen LogP contribution in [0.25, 0.3) is 0 Å². The van der Waals surface area contributed by atoms with Gasteiger partial charge in [0.25, 0.3) is 0 Å². The van der Waals surface area contributed by atoms with Gasteiger partial charge in [-0.1, -0.05) is 74.3 Å². The topological polar surface area (TPSA) is 49.9 Å². The monoisotopic (exact) mass is 556 g/mol. The highest BCUT2D eigenvalue weighted by Gasteiger charge is 2.41. The van der Waals surface area contributed by atoms with E-state index in [0.717, 1.165) is 25.1 Å². The minimum absolute atomic E-state index is 0.156. The second-order valence-electron chi connectivity index (χ2n) is 11.0. The van der Waals surface area contributed by atoms with Crippen molar-refractivity contribution in [3.63, 3.8) is 0 Å². The molecule has 1 heterocycles. The maximum absolute atomic E-state index is 13.5. The molecule has 1 saturated heterocycles. The number of benzene rings is 2. The number of nitrogens with zero attached hydrogens (tertiary/aromatic N) is 2. The van der Waals surface area contributed by atoms with Crippen LogP contribution in [0, 0.1) is 0 Å². The molecule has 0 saturated carbocycles. The van der Waals surface area contributed by atoms with Crippen molar-refractivity contribution in [1.29, 1.82) is 0 Å².